The Balaban J connectivity index is 1.49. The lowest BCUT2D eigenvalue weighted by molar-refractivity contribution is 0.166. The Morgan fingerprint density at radius 2 is 1.17 bits per heavy atom. The van der Waals surface area contributed by atoms with Crippen molar-refractivity contribution in [3.8, 4) is 0 Å². The van der Waals surface area contributed by atoms with Gasteiger partial charge in [-0.15, -0.1) is 0 Å². The van der Waals surface area contributed by atoms with Crippen molar-refractivity contribution in [2.24, 2.45) is 10.8 Å². The van der Waals surface area contributed by atoms with E-state index in [-0.39, 0.29) is 22.0 Å². The number of allylic oxidation sites excluding steroid dienone is 19. The first-order valence-electron chi connectivity index (χ1n) is 15.7. The van der Waals surface area contributed by atoms with E-state index in [2.05, 4.69) is 154 Å². The Hall–Kier alpha value is -2.64. The van der Waals surface area contributed by atoms with E-state index in [1.165, 1.54) is 60.0 Å². The van der Waals surface area contributed by atoms with Gasteiger partial charge in [0, 0.05) is 5.41 Å². The Kier molecular flexibility index (Phi) is 10.9. The molecule has 0 N–H and O–H groups in total. The second kappa shape index (κ2) is 13.6. The van der Waals surface area contributed by atoms with E-state index >= 15 is 0 Å². The van der Waals surface area contributed by atoms with E-state index in [9.17, 15) is 0 Å². The molecule has 2 aliphatic carbocycles. The van der Waals surface area contributed by atoms with Crippen molar-refractivity contribution in [1.82, 2.24) is 0 Å². The number of epoxide rings is 1. The van der Waals surface area contributed by atoms with Gasteiger partial charge in [-0.2, -0.15) is 0 Å². The van der Waals surface area contributed by atoms with Gasteiger partial charge in [-0.25, -0.2) is 0 Å². The minimum atomic E-state index is -0.103. The largest absolute Gasteiger partial charge is 0.358 e. The molecule has 1 aliphatic heterocycles. The fourth-order valence-corrected chi connectivity index (χ4v) is 6.72. The normalized spacial score (nSPS) is 29.6. The third-order valence-corrected chi connectivity index (χ3v) is 9.49. The Morgan fingerprint density at radius 3 is 1.73 bits per heavy atom. The molecule has 0 radical (unpaired) electrons. The summed E-state index contributed by atoms with van der Waals surface area (Å²) in [5, 5.41) is 0. The Bertz CT molecular complexity index is 1260. The molecule has 1 heteroatoms. The topological polar surface area (TPSA) is 12.5 Å². The zero-order valence-electron chi connectivity index (χ0n) is 27.7. The second-order valence-corrected chi connectivity index (χ2v) is 14.1. The molecule has 1 saturated heterocycles. The molecule has 0 aromatic carbocycles. The van der Waals surface area contributed by atoms with Crippen LogP contribution in [0.4, 0.5) is 0 Å². The van der Waals surface area contributed by atoms with Crippen LogP contribution in [0.5, 0.6) is 0 Å². The zero-order chi connectivity index (χ0) is 30.3. The van der Waals surface area contributed by atoms with Gasteiger partial charge in [-0.05, 0) is 97.1 Å². The number of hydrogen-bond donors (Lipinski definition) is 0. The van der Waals surface area contributed by atoms with Gasteiger partial charge in [0.05, 0.1) is 5.60 Å². The number of ether oxygens (including phenoxy) is 1. The van der Waals surface area contributed by atoms with Crippen LogP contribution in [0, 0.1) is 10.8 Å². The third-order valence-electron chi connectivity index (χ3n) is 9.49. The molecule has 1 heterocycles. The monoisotopic (exact) mass is 552 g/mol. The van der Waals surface area contributed by atoms with E-state index < -0.39 is 0 Å². The molecule has 1 nitrogen and oxygen atoms in total. The van der Waals surface area contributed by atoms with Crippen molar-refractivity contribution < 1.29 is 4.74 Å². The standard InChI is InChI=1S/C40H56O/c1-31(19-13-21-33(3)24-25-36-35(5)23-15-27-37(36,6)7)17-11-12-18-32(2)20-14-22-34(4)26-30-40-38(8,9)28-16-29-39(40,10)41-40/h11-14,17-22,24-26,30H,15-16,23,27-29H2,1-10H3/b12-11+,19-13+,20-14+,25-24+,30-26+,31-17+,32-18+,33-21+,34-22+/t39-,40-/m1/s1. The summed E-state index contributed by atoms with van der Waals surface area (Å²) in [4.78, 5) is 0. The van der Waals surface area contributed by atoms with E-state index in [1.807, 2.05) is 0 Å². The van der Waals surface area contributed by atoms with Gasteiger partial charge in [-0.3, -0.25) is 0 Å². The molecule has 2 fully saturated rings. The number of rotatable bonds is 10. The summed E-state index contributed by atoms with van der Waals surface area (Å²) < 4.78 is 6.34. The average Bonchev–Trinajstić information content (AvgIpc) is 3.52. The number of fused-ring (bicyclic) bond motifs is 1. The van der Waals surface area contributed by atoms with Crippen LogP contribution in [0.3, 0.4) is 0 Å². The van der Waals surface area contributed by atoms with E-state index in [0.717, 1.165) is 6.42 Å². The molecule has 222 valence electrons. The molecular weight excluding hydrogens is 496 g/mol. The van der Waals surface area contributed by atoms with Crippen molar-refractivity contribution in [2.45, 2.75) is 119 Å². The second-order valence-electron chi connectivity index (χ2n) is 14.1. The fourth-order valence-electron chi connectivity index (χ4n) is 6.72. The van der Waals surface area contributed by atoms with Gasteiger partial charge in [0.15, 0.2) is 0 Å². The summed E-state index contributed by atoms with van der Waals surface area (Å²) >= 11 is 0. The summed E-state index contributed by atoms with van der Waals surface area (Å²) in [6.07, 6.45) is 38.1. The molecule has 41 heavy (non-hydrogen) atoms. The van der Waals surface area contributed by atoms with Crippen LogP contribution in [-0.4, -0.2) is 11.2 Å². The predicted octanol–water partition coefficient (Wildman–Crippen LogP) is 11.8. The molecule has 1 saturated carbocycles. The molecular formula is C40H56O. The number of hydrogen-bond acceptors (Lipinski definition) is 1. The highest BCUT2D eigenvalue weighted by atomic mass is 16.6. The molecule has 3 aliphatic rings. The van der Waals surface area contributed by atoms with Gasteiger partial charge < -0.3 is 4.74 Å². The fraction of sp³-hybridized carbons (Fsp3) is 0.500. The summed E-state index contributed by atoms with van der Waals surface area (Å²) in [5.41, 5.74) is 8.42. The van der Waals surface area contributed by atoms with Gasteiger partial charge in [-0.1, -0.05) is 135 Å². The summed E-state index contributed by atoms with van der Waals surface area (Å²) in [6.45, 7) is 22.6. The first-order chi connectivity index (χ1) is 19.2. The summed E-state index contributed by atoms with van der Waals surface area (Å²) in [7, 11) is 0. The van der Waals surface area contributed by atoms with E-state index in [0.29, 0.717) is 0 Å². The quantitative estimate of drug-likeness (QED) is 0.194. The van der Waals surface area contributed by atoms with Gasteiger partial charge in [0.2, 0.25) is 0 Å². The molecule has 2 atom stereocenters. The van der Waals surface area contributed by atoms with E-state index in [1.54, 1.807) is 5.57 Å². The highest BCUT2D eigenvalue weighted by molar-refractivity contribution is 5.38. The maximum Gasteiger partial charge on any atom is 0.121 e. The smallest absolute Gasteiger partial charge is 0.121 e. The van der Waals surface area contributed by atoms with Crippen LogP contribution in [0.15, 0.2) is 119 Å². The van der Waals surface area contributed by atoms with Crippen molar-refractivity contribution in [3.05, 3.63) is 119 Å². The summed E-state index contributed by atoms with van der Waals surface area (Å²) in [5.74, 6) is 0. The first-order valence-corrected chi connectivity index (χ1v) is 15.7. The zero-order valence-corrected chi connectivity index (χ0v) is 27.7. The lowest BCUT2D eigenvalue weighted by Gasteiger charge is -2.36. The molecule has 0 bridgehead atoms. The van der Waals surface area contributed by atoms with Crippen LogP contribution in [0.2, 0.25) is 0 Å². The van der Waals surface area contributed by atoms with Crippen molar-refractivity contribution >= 4 is 0 Å². The molecule has 3 rings (SSSR count). The lowest BCUT2D eigenvalue weighted by Crippen LogP contribution is -2.41. The summed E-state index contributed by atoms with van der Waals surface area (Å²) in [6, 6.07) is 0. The third kappa shape index (κ3) is 8.45. The van der Waals surface area contributed by atoms with E-state index in [4.69, 9.17) is 4.74 Å². The predicted molar refractivity (Wildman–Crippen MR) is 181 cm³/mol. The molecule has 0 spiro atoms. The SMILES string of the molecule is CC1=C(/C=C/C(C)=C/C=C/C(C)=C/C=C/C=C(C)/C=C/C=C(C)/C=C/[C@]23O[C@]2(C)CCCC3(C)C)C(C)(C)CCC1. The van der Waals surface area contributed by atoms with Gasteiger partial charge in [0.1, 0.15) is 5.60 Å². The molecule has 0 aromatic rings. The maximum absolute atomic E-state index is 6.34. The molecule has 0 amide bonds. The van der Waals surface area contributed by atoms with Crippen molar-refractivity contribution in [3.63, 3.8) is 0 Å². The first kappa shape index (κ1) is 32.9. The maximum atomic E-state index is 6.34. The van der Waals surface area contributed by atoms with Crippen molar-refractivity contribution in [1.29, 1.82) is 0 Å². The molecule has 0 unspecified atom stereocenters. The minimum absolute atomic E-state index is 0.0197. The van der Waals surface area contributed by atoms with Gasteiger partial charge in [0.25, 0.3) is 0 Å². The highest BCUT2D eigenvalue weighted by Gasteiger charge is 2.73. The lowest BCUT2D eigenvalue weighted by atomic mass is 9.64. The highest BCUT2D eigenvalue weighted by Crippen LogP contribution is 2.66. The van der Waals surface area contributed by atoms with Crippen LogP contribution in [0.1, 0.15) is 108 Å². The molecule has 0 aromatic heterocycles. The minimum Gasteiger partial charge on any atom is -0.358 e. The van der Waals surface area contributed by atoms with Crippen LogP contribution >= 0.6 is 0 Å². The van der Waals surface area contributed by atoms with Crippen LogP contribution < -0.4 is 0 Å². The Labute approximate surface area is 252 Å². The van der Waals surface area contributed by atoms with Crippen molar-refractivity contribution in [2.75, 3.05) is 0 Å². The van der Waals surface area contributed by atoms with Crippen LogP contribution in [-0.2, 0) is 4.74 Å². The average molecular weight is 553 g/mol. The van der Waals surface area contributed by atoms with Gasteiger partial charge >= 0.3 is 0 Å². The Morgan fingerprint density at radius 1 is 0.634 bits per heavy atom. The van der Waals surface area contributed by atoms with Crippen LogP contribution in [0.25, 0.3) is 0 Å².